The van der Waals surface area contributed by atoms with Gasteiger partial charge in [-0.2, -0.15) is 4.98 Å². The van der Waals surface area contributed by atoms with Crippen LogP contribution in [0.1, 0.15) is 32.6 Å². The van der Waals surface area contributed by atoms with E-state index in [2.05, 4.69) is 25.5 Å². The lowest BCUT2D eigenvalue weighted by Gasteiger charge is -2.30. The summed E-state index contributed by atoms with van der Waals surface area (Å²) in [5.41, 5.74) is 0.709. The molecule has 10 nitrogen and oxygen atoms in total. The first kappa shape index (κ1) is 23.3. The van der Waals surface area contributed by atoms with Crippen LogP contribution in [0.15, 0.2) is 35.4 Å². The Morgan fingerprint density at radius 2 is 1.89 bits per heavy atom. The molecule has 2 amide bonds. The number of piperidine rings is 1. The number of carbonyl (C=O) groups excluding carboxylic acids is 2. The molecule has 0 radical (unpaired) electrons. The summed E-state index contributed by atoms with van der Waals surface area (Å²) in [4.78, 5) is 48.8. The minimum absolute atomic E-state index is 0.0328. The van der Waals surface area contributed by atoms with Crippen molar-refractivity contribution in [1.82, 2.24) is 19.9 Å². The van der Waals surface area contributed by atoms with Gasteiger partial charge < -0.3 is 20.3 Å². The van der Waals surface area contributed by atoms with Crippen molar-refractivity contribution in [3.8, 4) is 5.75 Å². The van der Waals surface area contributed by atoms with Gasteiger partial charge >= 0.3 is 0 Å². The van der Waals surface area contributed by atoms with Crippen molar-refractivity contribution in [3.63, 3.8) is 0 Å². The van der Waals surface area contributed by atoms with Gasteiger partial charge in [0.2, 0.25) is 11.8 Å². The lowest BCUT2D eigenvalue weighted by atomic mass is 9.96. The molecule has 1 saturated heterocycles. The number of nitrogens with zero attached hydrogens (tertiary/aromatic N) is 4. The number of ether oxygens (including phenoxy) is 1. The zero-order valence-corrected chi connectivity index (χ0v) is 20.3. The van der Waals surface area contributed by atoms with Crippen LogP contribution < -0.4 is 25.8 Å². The summed E-state index contributed by atoms with van der Waals surface area (Å²) < 4.78 is 7.12. The maximum Gasteiger partial charge on any atom is 0.273 e. The Kier molecular flexibility index (Phi) is 6.67. The van der Waals surface area contributed by atoms with Crippen LogP contribution in [0, 0.1) is 5.92 Å². The molecule has 35 heavy (non-hydrogen) atoms. The molecule has 2 aromatic heterocycles. The predicted octanol–water partition coefficient (Wildman–Crippen LogP) is 2.39. The van der Waals surface area contributed by atoms with Gasteiger partial charge in [-0.15, -0.1) is 0 Å². The van der Waals surface area contributed by atoms with E-state index in [1.165, 1.54) is 22.2 Å². The van der Waals surface area contributed by atoms with E-state index in [4.69, 9.17) is 4.74 Å². The Hall–Kier alpha value is -3.47. The summed E-state index contributed by atoms with van der Waals surface area (Å²) in [6.07, 6.45) is 5.06. The third-order valence-electron chi connectivity index (χ3n) is 6.20. The van der Waals surface area contributed by atoms with Crippen LogP contribution in [0.2, 0.25) is 0 Å². The molecule has 3 aromatic rings. The van der Waals surface area contributed by atoms with Crippen molar-refractivity contribution in [2.45, 2.75) is 45.2 Å². The van der Waals surface area contributed by atoms with E-state index in [1.807, 2.05) is 6.92 Å². The maximum atomic E-state index is 13.0. The number of benzene rings is 1. The van der Waals surface area contributed by atoms with Crippen molar-refractivity contribution in [2.24, 2.45) is 5.92 Å². The van der Waals surface area contributed by atoms with E-state index in [-0.39, 0.29) is 29.8 Å². The number of anilines is 2. The van der Waals surface area contributed by atoms with Gasteiger partial charge in [0.25, 0.3) is 5.56 Å². The van der Waals surface area contributed by atoms with Gasteiger partial charge in [-0.25, -0.2) is 4.98 Å². The van der Waals surface area contributed by atoms with Gasteiger partial charge in [0.1, 0.15) is 23.3 Å². The molecular formula is C24H28N6O4S. The molecule has 5 rings (SSSR count). The molecule has 2 aliphatic rings. The highest BCUT2D eigenvalue weighted by Gasteiger charge is 2.30. The second-order valence-corrected chi connectivity index (χ2v) is 9.85. The second-order valence-electron chi connectivity index (χ2n) is 8.88. The summed E-state index contributed by atoms with van der Waals surface area (Å²) in [5.74, 6) is 0.590. The third-order valence-corrected chi connectivity index (χ3v) is 7.29. The van der Waals surface area contributed by atoms with E-state index in [0.717, 1.165) is 36.6 Å². The molecule has 1 aliphatic carbocycles. The Morgan fingerprint density at radius 1 is 1.14 bits per heavy atom. The van der Waals surface area contributed by atoms with Gasteiger partial charge in [-0.1, -0.05) is 11.3 Å². The molecule has 1 saturated carbocycles. The summed E-state index contributed by atoms with van der Waals surface area (Å²) in [5, 5.41) is 6.60. The van der Waals surface area contributed by atoms with Gasteiger partial charge in [-0.3, -0.25) is 19.0 Å². The Morgan fingerprint density at radius 3 is 2.57 bits per heavy atom. The zero-order chi connectivity index (χ0) is 24.4. The smallest absolute Gasteiger partial charge is 0.273 e. The topological polar surface area (TPSA) is 118 Å². The number of amides is 2. The van der Waals surface area contributed by atoms with Crippen LogP contribution in [-0.4, -0.2) is 52.1 Å². The molecular weight excluding hydrogens is 468 g/mol. The zero-order valence-electron chi connectivity index (χ0n) is 19.5. The monoisotopic (exact) mass is 496 g/mol. The number of hydrogen-bond donors (Lipinski definition) is 2. The third kappa shape index (κ3) is 5.45. The Bertz CT molecular complexity index is 1280. The van der Waals surface area contributed by atoms with Crippen LogP contribution >= 0.6 is 11.3 Å². The molecule has 184 valence electrons. The molecule has 0 unspecified atom stereocenters. The fraction of sp³-hybridized carbons (Fsp3) is 0.458. The van der Waals surface area contributed by atoms with E-state index in [9.17, 15) is 14.4 Å². The van der Waals surface area contributed by atoms with Gasteiger partial charge in [0.15, 0.2) is 10.8 Å². The maximum absolute atomic E-state index is 13.0. The van der Waals surface area contributed by atoms with Crippen LogP contribution in [-0.2, 0) is 16.1 Å². The number of carbonyl (C=O) groups is 2. The molecule has 3 heterocycles. The van der Waals surface area contributed by atoms with E-state index in [0.29, 0.717) is 41.8 Å². The molecule has 0 bridgehead atoms. The first-order chi connectivity index (χ1) is 17.0. The number of nitrogens with one attached hydrogen (secondary N) is 2. The largest absolute Gasteiger partial charge is 0.494 e. The number of aromatic nitrogens is 3. The van der Waals surface area contributed by atoms with Crippen LogP contribution in [0.3, 0.4) is 0 Å². The standard InChI is InChI=1S/C24H28N6O4S/c1-2-34-18-7-5-16(6-8-18)26-19(31)13-30-14-25-21-20(23(30)33)35-24(28-21)29-11-9-15(10-12-29)22(32)27-17-3-4-17/h5-8,14-15,17H,2-4,9-13H2,1H3,(H,26,31)(H,27,32). The average molecular weight is 497 g/mol. The fourth-order valence-electron chi connectivity index (χ4n) is 4.12. The van der Waals surface area contributed by atoms with E-state index >= 15 is 0 Å². The Balaban J connectivity index is 1.22. The summed E-state index contributed by atoms with van der Waals surface area (Å²) in [6, 6.07) is 7.43. The number of hydrogen-bond acceptors (Lipinski definition) is 8. The first-order valence-electron chi connectivity index (χ1n) is 11.9. The van der Waals surface area contributed by atoms with Gasteiger partial charge in [0, 0.05) is 30.7 Å². The normalized spacial score (nSPS) is 16.3. The number of fused-ring (bicyclic) bond motifs is 1. The molecule has 0 spiro atoms. The minimum Gasteiger partial charge on any atom is -0.494 e. The second kappa shape index (κ2) is 10.0. The summed E-state index contributed by atoms with van der Waals surface area (Å²) >= 11 is 1.28. The Labute approximate surface area is 206 Å². The van der Waals surface area contributed by atoms with Crippen molar-refractivity contribution in [1.29, 1.82) is 0 Å². The summed E-state index contributed by atoms with van der Waals surface area (Å²) in [7, 11) is 0. The minimum atomic E-state index is -0.325. The summed E-state index contributed by atoms with van der Waals surface area (Å²) in [6.45, 7) is 3.74. The lowest BCUT2D eigenvalue weighted by molar-refractivity contribution is -0.125. The number of thiazole rings is 1. The van der Waals surface area contributed by atoms with E-state index < -0.39 is 0 Å². The first-order valence-corrected chi connectivity index (χ1v) is 12.8. The highest BCUT2D eigenvalue weighted by atomic mass is 32.1. The van der Waals surface area contributed by atoms with Crippen LogP contribution in [0.5, 0.6) is 5.75 Å². The molecule has 1 aromatic carbocycles. The molecule has 0 atom stereocenters. The van der Waals surface area contributed by atoms with Crippen molar-refractivity contribution in [3.05, 3.63) is 40.9 Å². The molecule has 11 heteroatoms. The fourth-order valence-corrected chi connectivity index (χ4v) is 5.14. The predicted molar refractivity (Wildman–Crippen MR) is 134 cm³/mol. The van der Waals surface area contributed by atoms with E-state index in [1.54, 1.807) is 24.3 Å². The molecule has 2 fully saturated rings. The quantitative estimate of drug-likeness (QED) is 0.492. The highest BCUT2D eigenvalue weighted by Crippen LogP contribution is 2.30. The number of rotatable bonds is 8. The van der Waals surface area contributed by atoms with Crippen LogP contribution in [0.4, 0.5) is 10.8 Å². The van der Waals surface area contributed by atoms with Crippen LogP contribution in [0.25, 0.3) is 10.3 Å². The molecule has 2 N–H and O–H groups in total. The molecule has 1 aliphatic heterocycles. The van der Waals surface area contributed by atoms with Crippen molar-refractivity contribution in [2.75, 3.05) is 29.9 Å². The van der Waals surface area contributed by atoms with Crippen molar-refractivity contribution < 1.29 is 14.3 Å². The van der Waals surface area contributed by atoms with Crippen molar-refractivity contribution >= 4 is 44.3 Å². The highest BCUT2D eigenvalue weighted by molar-refractivity contribution is 7.22. The average Bonchev–Trinajstić information content (AvgIpc) is 3.56. The van der Waals surface area contributed by atoms with Gasteiger partial charge in [-0.05, 0) is 56.9 Å². The lowest BCUT2D eigenvalue weighted by Crippen LogP contribution is -2.41. The van der Waals surface area contributed by atoms with Gasteiger partial charge in [0.05, 0.1) is 6.61 Å². The SMILES string of the molecule is CCOc1ccc(NC(=O)Cn2cnc3nc(N4CCC(C(=O)NC5CC5)CC4)sc3c2=O)cc1.